The number of nitrogens with one attached hydrogen (secondary N) is 1. The third kappa shape index (κ3) is 11.3. The number of benzene rings is 2. The van der Waals surface area contributed by atoms with Crippen LogP contribution in [0.3, 0.4) is 0 Å². The van der Waals surface area contributed by atoms with Crippen LogP contribution in [-0.4, -0.2) is 90.1 Å². The molecule has 1 aromatic heterocycles. The summed E-state index contributed by atoms with van der Waals surface area (Å²) in [6.45, 7) is 8.23. The van der Waals surface area contributed by atoms with Crippen molar-refractivity contribution in [2.24, 2.45) is 0 Å². The Bertz CT molecular complexity index is 1690. The first-order chi connectivity index (χ1) is 19.9. The number of carbonyl (C=O) groups excluding carboxylic acids is 1. The molecule has 1 amide bonds. The molecule has 0 unspecified atom stereocenters. The van der Waals surface area contributed by atoms with Crippen LogP contribution in [0.4, 0.5) is 0 Å². The lowest BCUT2D eigenvalue weighted by atomic mass is 10.1. The summed E-state index contributed by atoms with van der Waals surface area (Å²) < 4.78 is 59.5. The van der Waals surface area contributed by atoms with Gasteiger partial charge in [0.25, 0.3) is 31.7 Å². The van der Waals surface area contributed by atoms with E-state index < -0.39 is 20.2 Å². The number of aromatic nitrogens is 2. The molecule has 5 rings (SSSR count). The van der Waals surface area contributed by atoms with Gasteiger partial charge in [-0.05, 0) is 75.9 Å². The number of aryl methyl sites for hydroxylation is 1. The maximum Gasteiger partial charge on any atom is 0.265 e. The van der Waals surface area contributed by atoms with Gasteiger partial charge in [-0.3, -0.25) is 28.2 Å². The molecule has 15 heteroatoms. The Morgan fingerprint density at radius 3 is 2.21 bits per heavy atom. The third-order valence-electron chi connectivity index (χ3n) is 6.58. The number of nitrogens with zero attached hydrogens (tertiary/aromatic N) is 3. The molecular formula is C28H38N4O9S2. The van der Waals surface area contributed by atoms with Crippen LogP contribution >= 0.6 is 0 Å². The minimum atomic E-state index is -3.67. The van der Waals surface area contributed by atoms with E-state index >= 15 is 0 Å². The highest BCUT2D eigenvalue weighted by molar-refractivity contribution is 7.85. The molecule has 3 N–H and O–H groups in total. The summed E-state index contributed by atoms with van der Waals surface area (Å²) in [4.78, 5) is 32.9. The predicted molar refractivity (Wildman–Crippen MR) is 163 cm³/mol. The van der Waals surface area contributed by atoms with Crippen molar-refractivity contribution in [3.8, 4) is 11.4 Å². The van der Waals surface area contributed by atoms with Crippen LogP contribution < -0.4 is 15.6 Å². The van der Waals surface area contributed by atoms with E-state index in [0.717, 1.165) is 37.9 Å². The monoisotopic (exact) mass is 638 g/mol. The maximum absolute atomic E-state index is 13.4. The predicted octanol–water partition coefficient (Wildman–Crippen LogP) is 2.46. The zero-order chi connectivity index (χ0) is 32.1. The normalized spacial score (nSPS) is 17.1. The zero-order valence-electron chi connectivity index (χ0n) is 24.7. The fourth-order valence-corrected chi connectivity index (χ4v) is 4.36. The first-order valence-corrected chi connectivity index (χ1v) is 17.3. The average Bonchev–Trinajstić information content (AvgIpc) is 3.56. The van der Waals surface area contributed by atoms with Crippen molar-refractivity contribution in [1.29, 1.82) is 0 Å². The van der Waals surface area contributed by atoms with E-state index in [4.69, 9.17) is 13.8 Å². The van der Waals surface area contributed by atoms with Crippen LogP contribution in [0, 0.1) is 6.92 Å². The van der Waals surface area contributed by atoms with Crippen molar-refractivity contribution in [3.05, 3.63) is 64.2 Å². The quantitative estimate of drug-likeness (QED) is 0.337. The fourth-order valence-electron chi connectivity index (χ4n) is 4.36. The number of ether oxygens (including phenoxy) is 1. The number of carbonyl (C=O) groups is 1. The molecule has 1 saturated heterocycles. The van der Waals surface area contributed by atoms with Gasteiger partial charge in [0, 0.05) is 30.7 Å². The van der Waals surface area contributed by atoms with Gasteiger partial charge < -0.3 is 10.1 Å². The summed E-state index contributed by atoms with van der Waals surface area (Å²) in [7, 11) is -7.33. The second-order valence-electron chi connectivity index (χ2n) is 10.9. The molecule has 0 spiro atoms. The summed E-state index contributed by atoms with van der Waals surface area (Å²) in [5, 5.41) is 3.50. The number of amides is 1. The summed E-state index contributed by atoms with van der Waals surface area (Å²) in [5.74, 6) is 0.576. The summed E-state index contributed by atoms with van der Waals surface area (Å²) >= 11 is 0. The Morgan fingerprint density at radius 2 is 1.65 bits per heavy atom. The number of hydrogen-bond acceptors (Lipinski definition) is 9. The van der Waals surface area contributed by atoms with Gasteiger partial charge in [0.15, 0.2) is 0 Å². The fraction of sp³-hybridized carbons (Fsp3) is 0.464. The van der Waals surface area contributed by atoms with Crippen LogP contribution in [0.2, 0.25) is 0 Å². The molecule has 2 fully saturated rings. The van der Waals surface area contributed by atoms with Crippen molar-refractivity contribution in [2.75, 3.05) is 25.6 Å². The van der Waals surface area contributed by atoms with Crippen LogP contribution in [0.1, 0.15) is 49.0 Å². The molecule has 0 bridgehead atoms. The molecule has 1 aliphatic heterocycles. The van der Waals surface area contributed by atoms with Crippen molar-refractivity contribution < 1.29 is 35.5 Å². The average molecular weight is 639 g/mol. The Kier molecular flexibility index (Phi) is 11.1. The molecule has 236 valence electrons. The molecule has 1 saturated carbocycles. The number of hydrogen-bond donors (Lipinski definition) is 3. The van der Waals surface area contributed by atoms with Crippen LogP contribution in [-0.2, 0) is 20.2 Å². The standard InChI is InChI=1S/C26H30N4O3.2CH4O3S/c1-16(2)29-11-10-21(14-29)33-20-8-9-23-22(13-20)26(32)30(15-27-23)24-12-18(5-4-17(24)3)25(31)28-19-6-7-19;2*1-5(2,3)4/h4-5,8-9,12-13,15-16,19,21H,6-7,10-11,14H2,1-3H3,(H,28,31);2*1H3,(H,2,3,4)/t21-;;/m0../s1. The Hall–Kier alpha value is -3.37. The highest BCUT2D eigenvalue weighted by Crippen LogP contribution is 2.24. The van der Waals surface area contributed by atoms with Crippen molar-refractivity contribution in [3.63, 3.8) is 0 Å². The summed E-state index contributed by atoms with van der Waals surface area (Å²) in [6.07, 6.45) is 6.11. The number of fused-ring (bicyclic) bond motifs is 1. The minimum Gasteiger partial charge on any atom is -0.489 e. The molecule has 43 heavy (non-hydrogen) atoms. The topological polar surface area (TPSA) is 185 Å². The molecule has 1 aliphatic carbocycles. The molecular weight excluding hydrogens is 600 g/mol. The van der Waals surface area contributed by atoms with Gasteiger partial charge in [-0.25, -0.2) is 4.98 Å². The largest absolute Gasteiger partial charge is 0.489 e. The molecule has 2 aromatic carbocycles. The Morgan fingerprint density at radius 1 is 1.02 bits per heavy atom. The Labute approximate surface area is 251 Å². The van der Waals surface area contributed by atoms with Gasteiger partial charge in [-0.15, -0.1) is 0 Å². The first-order valence-electron chi connectivity index (χ1n) is 13.6. The van der Waals surface area contributed by atoms with Gasteiger partial charge in [-0.1, -0.05) is 6.07 Å². The third-order valence-corrected chi connectivity index (χ3v) is 6.58. The maximum atomic E-state index is 13.4. The van der Waals surface area contributed by atoms with Crippen molar-refractivity contribution >= 4 is 37.0 Å². The lowest BCUT2D eigenvalue weighted by Gasteiger charge is -2.20. The second-order valence-corrected chi connectivity index (χ2v) is 13.9. The molecule has 0 radical (unpaired) electrons. The number of likely N-dealkylation sites (tertiary alicyclic amines) is 1. The Balaban J connectivity index is 0.000000440. The smallest absolute Gasteiger partial charge is 0.265 e. The second kappa shape index (κ2) is 13.9. The van der Waals surface area contributed by atoms with Crippen LogP contribution in [0.5, 0.6) is 5.75 Å². The van der Waals surface area contributed by atoms with E-state index in [1.807, 2.05) is 25.1 Å². The van der Waals surface area contributed by atoms with E-state index in [0.29, 0.717) is 46.5 Å². The molecule has 2 aliphatic rings. The van der Waals surface area contributed by atoms with Crippen molar-refractivity contribution in [1.82, 2.24) is 19.8 Å². The zero-order valence-corrected chi connectivity index (χ0v) is 26.4. The van der Waals surface area contributed by atoms with Crippen LogP contribution in [0.15, 0.2) is 47.5 Å². The molecule has 3 aromatic rings. The minimum absolute atomic E-state index is 0.108. The highest BCUT2D eigenvalue weighted by atomic mass is 32.2. The number of rotatable bonds is 6. The summed E-state index contributed by atoms with van der Waals surface area (Å²) in [5.41, 5.74) is 2.55. The van der Waals surface area contributed by atoms with Crippen LogP contribution in [0.25, 0.3) is 16.6 Å². The van der Waals surface area contributed by atoms with Gasteiger partial charge >= 0.3 is 0 Å². The summed E-state index contributed by atoms with van der Waals surface area (Å²) in [6, 6.07) is 11.7. The van der Waals surface area contributed by atoms with Gasteiger partial charge in [0.2, 0.25) is 0 Å². The lowest BCUT2D eigenvalue weighted by molar-refractivity contribution is 0.0951. The molecule has 13 nitrogen and oxygen atoms in total. The van der Waals surface area contributed by atoms with E-state index in [-0.39, 0.29) is 23.6 Å². The molecule has 2 heterocycles. The van der Waals surface area contributed by atoms with Gasteiger partial charge in [-0.2, -0.15) is 16.8 Å². The highest BCUT2D eigenvalue weighted by Gasteiger charge is 2.26. The van der Waals surface area contributed by atoms with E-state index in [1.54, 1.807) is 18.2 Å². The van der Waals surface area contributed by atoms with E-state index in [9.17, 15) is 26.4 Å². The van der Waals surface area contributed by atoms with Gasteiger partial charge in [0.05, 0.1) is 29.1 Å². The molecule has 1 atom stereocenters. The lowest BCUT2D eigenvalue weighted by Crippen LogP contribution is -2.30. The van der Waals surface area contributed by atoms with Gasteiger partial charge in [0.1, 0.15) is 18.2 Å². The van der Waals surface area contributed by atoms with E-state index in [1.165, 1.54) is 10.9 Å². The SMILES string of the molecule is CS(=O)(=O)O.CS(=O)(=O)O.Cc1ccc(C(=O)NC2CC2)cc1-n1cnc2ccc(O[C@H]3CCN(C(C)C)C3)cc2c1=O. The van der Waals surface area contributed by atoms with E-state index in [2.05, 4.69) is 29.0 Å². The van der Waals surface area contributed by atoms with Crippen molar-refractivity contribution in [2.45, 2.75) is 58.2 Å². The first kappa shape index (κ1) is 34.1.